The van der Waals surface area contributed by atoms with Crippen LogP contribution in [0.5, 0.6) is 0 Å². The zero-order valence-corrected chi connectivity index (χ0v) is 10.6. The number of rotatable bonds is 4. The Kier molecular flexibility index (Phi) is 4.66. The van der Waals surface area contributed by atoms with Crippen LogP contribution in [0.4, 0.5) is 0 Å². The molecule has 4 atom stereocenters. The summed E-state index contributed by atoms with van der Waals surface area (Å²) < 4.78 is 0. The van der Waals surface area contributed by atoms with Gasteiger partial charge >= 0.3 is 0 Å². The first-order valence-corrected chi connectivity index (χ1v) is 7.22. The molecule has 16 heavy (non-hydrogen) atoms. The zero-order valence-electron chi connectivity index (χ0n) is 10.6. The van der Waals surface area contributed by atoms with E-state index in [-0.39, 0.29) is 6.10 Å². The zero-order chi connectivity index (χ0) is 11.4. The highest BCUT2D eigenvalue weighted by Gasteiger charge is 2.28. The molecule has 2 aliphatic rings. The second-order valence-corrected chi connectivity index (χ2v) is 5.73. The molecule has 2 saturated carbocycles. The molecule has 0 saturated heterocycles. The van der Waals surface area contributed by atoms with Crippen molar-refractivity contribution in [1.82, 2.24) is 5.32 Å². The molecule has 2 nitrogen and oxygen atoms in total. The summed E-state index contributed by atoms with van der Waals surface area (Å²) in [4.78, 5) is 0. The van der Waals surface area contributed by atoms with E-state index in [9.17, 15) is 5.11 Å². The Morgan fingerprint density at radius 3 is 2.44 bits per heavy atom. The van der Waals surface area contributed by atoms with Crippen molar-refractivity contribution >= 4 is 0 Å². The topological polar surface area (TPSA) is 32.3 Å². The van der Waals surface area contributed by atoms with Crippen LogP contribution in [0.3, 0.4) is 0 Å². The minimum Gasteiger partial charge on any atom is -0.393 e. The van der Waals surface area contributed by atoms with Crippen molar-refractivity contribution in [3.8, 4) is 0 Å². The predicted molar refractivity (Wildman–Crippen MR) is 67.4 cm³/mol. The molecule has 0 aromatic heterocycles. The lowest BCUT2D eigenvalue weighted by molar-refractivity contribution is 0.124. The van der Waals surface area contributed by atoms with Crippen molar-refractivity contribution < 1.29 is 5.11 Å². The molecule has 4 unspecified atom stereocenters. The Labute approximate surface area is 99.8 Å². The predicted octanol–water partition coefficient (Wildman–Crippen LogP) is 2.71. The van der Waals surface area contributed by atoms with Gasteiger partial charge in [-0.2, -0.15) is 0 Å². The summed E-state index contributed by atoms with van der Waals surface area (Å²) in [5, 5.41) is 13.5. The fourth-order valence-electron chi connectivity index (χ4n) is 3.52. The lowest BCUT2D eigenvalue weighted by Crippen LogP contribution is -2.41. The maximum Gasteiger partial charge on any atom is 0.0580 e. The van der Waals surface area contributed by atoms with E-state index in [1.807, 2.05) is 0 Å². The molecule has 0 aliphatic heterocycles. The van der Waals surface area contributed by atoms with Crippen molar-refractivity contribution in [1.29, 1.82) is 0 Å². The van der Waals surface area contributed by atoms with E-state index >= 15 is 0 Å². The number of hydrogen-bond donors (Lipinski definition) is 2. The van der Waals surface area contributed by atoms with Gasteiger partial charge in [0, 0.05) is 12.6 Å². The van der Waals surface area contributed by atoms with Gasteiger partial charge < -0.3 is 10.4 Å². The van der Waals surface area contributed by atoms with Crippen LogP contribution in [0.25, 0.3) is 0 Å². The van der Waals surface area contributed by atoms with E-state index in [0.29, 0.717) is 5.92 Å². The lowest BCUT2D eigenvalue weighted by atomic mass is 9.82. The Bertz CT molecular complexity index is 207. The largest absolute Gasteiger partial charge is 0.393 e. The molecule has 94 valence electrons. The van der Waals surface area contributed by atoms with Crippen LogP contribution in [0.2, 0.25) is 0 Å². The number of hydrogen-bond acceptors (Lipinski definition) is 2. The molecule has 0 aromatic carbocycles. The SMILES string of the molecule is CCC1CCCCC1NCC1CCCC1O. The highest BCUT2D eigenvalue weighted by atomic mass is 16.3. The standard InChI is InChI=1S/C14H27NO/c1-2-11-6-3-4-8-13(11)15-10-12-7-5-9-14(12)16/h11-16H,2-10H2,1H3. The summed E-state index contributed by atoms with van der Waals surface area (Å²) >= 11 is 0. The van der Waals surface area contributed by atoms with Crippen LogP contribution in [0, 0.1) is 11.8 Å². The lowest BCUT2D eigenvalue weighted by Gasteiger charge is -2.33. The third kappa shape index (κ3) is 2.98. The average Bonchev–Trinajstić information content (AvgIpc) is 2.72. The van der Waals surface area contributed by atoms with E-state index in [4.69, 9.17) is 0 Å². The highest BCUT2D eigenvalue weighted by molar-refractivity contribution is 4.84. The van der Waals surface area contributed by atoms with E-state index in [1.54, 1.807) is 0 Å². The molecule has 0 radical (unpaired) electrons. The van der Waals surface area contributed by atoms with Gasteiger partial charge in [0.15, 0.2) is 0 Å². The maximum absolute atomic E-state index is 9.80. The molecular weight excluding hydrogens is 198 g/mol. The monoisotopic (exact) mass is 225 g/mol. The van der Waals surface area contributed by atoms with Crippen LogP contribution in [0.15, 0.2) is 0 Å². The average molecular weight is 225 g/mol. The third-order valence-corrected chi connectivity index (χ3v) is 4.69. The third-order valence-electron chi connectivity index (χ3n) is 4.69. The van der Waals surface area contributed by atoms with Crippen LogP contribution in [-0.2, 0) is 0 Å². The van der Waals surface area contributed by atoms with Gasteiger partial charge in [-0.05, 0) is 37.5 Å². The van der Waals surface area contributed by atoms with Crippen molar-refractivity contribution in [3.05, 3.63) is 0 Å². The van der Waals surface area contributed by atoms with Crippen molar-refractivity contribution in [2.24, 2.45) is 11.8 Å². The van der Waals surface area contributed by atoms with Gasteiger partial charge in [0.25, 0.3) is 0 Å². The number of aliphatic hydroxyl groups excluding tert-OH is 1. The van der Waals surface area contributed by atoms with Crippen molar-refractivity contribution in [2.75, 3.05) is 6.54 Å². The maximum atomic E-state index is 9.80. The first-order chi connectivity index (χ1) is 7.81. The van der Waals surface area contributed by atoms with Crippen molar-refractivity contribution in [3.63, 3.8) is 0 Å². The summed E-state index contributed by atoms with van der Waals surface area (Å²) in [6.07, 6.45) is 10.3. The van der Waals surface area contributed by atoms with E-state index < -0.39 is 0 Å². The fraction of sp³-hybridized carbons (Fsp3) is 1.00. The van der Waals surface area contributed by atoms with Crippen LogP contribution in [-0.4, -0.2) is 23.8 Å². The second kappa shape index (κ2) is 6.02. The first kappa shape index (κ1) is 12.4. The van der Waals surface area contributed by atoms with Gasteiger partial charge in [-0.1, -0.05) is 32.6 Å². The van der Waals surface area contributed by atoms with Gasteiger partial charge in [0.05, 0.1) is 6.10 Å². The van der Waals surface area contributed by atoms with E-state index in [0.717, 1.165) is 24.9 Å². The Morgan fingerprint density at radius 2 is 1.75 bits per heavy atom. The Morgan fingerprint density at radius 1 is 1.00 bits per heavy atom. The molecule has 2 aliphatic carbocycles. The summed E-state index contributed by atoms with van der Waals surface area (Å²) in [5.74, 6) is 1.41. The quantitative estimate of drug-likeness (QED) is 0.771. The molecule has 0 spiro atoms. The molecule has 2 heteroatoms. The normalized spacial score (nSPS) is 40.1. The smallest absolute Gasteiger partial charge is 0.0580 e. The summed E-state index contributed by atoms with van der Waals surface area (Å²) in [6.45, 7) is 3.36. The molecule has 0 heterocycles. The van der Waals surface area contributed by atoms with Gasteiger partial charge in [-0.15, -0.1) is 0 Å². The van der Waals surface area contributed by atoms with Crippen LogP contribution < -0.4 is 5.32 Å². The molecule has 0 amide bonds. The van der Waals surface area contributed by atoms with Crippen LogP contribution in [0.1, 0.15) is 58.3 Å². The van der Waals surface area contributed by atoms with E-state index in [1.165, 1.54) is 44.9 Å². The molecule has 2 N–H and O–H groups in total. The summed E-state index contributed by atoms with van der Waals surface area (Å²) in [7, 11) is 0. The second-order valence-electron chi connectivity index (χ2n) is 5.73. The van der Waals surface area contributed by atoms with Gasteiger partial charge in [0.2, 0.25) is 0 Å². The molecular formula is C14H27NO. The number of nitrogens with one attached hydrogen (secondary N) is 1. The summed E-state index contributed by atoms with van der Waals surface area (Å²) in [6, 6.07) is 0.728. The van der Waals surface area contributed by atoms with Crippen molar-refractivity contribution in [2.45, 2.75) is 70.4 Å². The van der Waals surface area contributed by atoms with Gasteiger partial charge in [0.1, 0.15) is 0 Å². The molecule has 2 rings (SSSR count). The first-order valence-electron chi connectivity index (χ1n) is 7.22. The van der Waals surface area contributed by atoms with E-state index in [2.05, 4.69) is 12.2 Å². The minimum absolute atomic E-state index is 0.0313. The van der Waals surface area contributed by atoms with Gasteiger partial charge in [-0.3, -0.25) is 0 Å². The Hall–Kier alpha value is -0.0800. The van der Waals surface area contributed by atoms with Gasteiger partial charge in [-0.25, -0.2) is 0 Å². The fourth-order valence-corrected chi connectivity index (χ4v) is 3.52. The molecule has 0 bridgehead atoms. The Balaban J connectivity index is 1.75. The van der Waals surface area contributed by atoms with Crippen LogP contribution >= 0.6 is 0 Å². The minimum atomic E-state index is -0.0313. The molecule has 0 aromatic rings. The summed E-state index contributed by atoms with van der Waals surface area (Å²) in [5.41, 5.74) is 0. The number of aliphatic hydroxyl groups is 1. The highest BCUT2D eigenvalue weighted by Crippen LogP contribution is 2.29. The molecule has 2 fully saturated rings.